The van der Waals surface area contributed by atoms with E-state index in [4.69, 9.17) is 10.6 Å². The average Bonchev–Trinajstić information content (AvgIpc) is 2.41. The van der Waals surface area contributed by atoms with Gasteiger partial charge in [-0.2, -0.15) is 0 Å². The number of nitro benzene ring substituents is 1. The van der Waals surface area contributed by atoms with Crippen LogP contribution in [-0.4, -0.2) is 4.92 Å². The number of nitrogens with two attached hydrogens (primary N) is 1. The summed E-state index contributed by atoms with van der Waals surface area (Å²) in [7, 11) is 0. The minimum absolute atomic E-state index is 0.0949. The zero-order valence-electron chi connectivity index (χ0n) is 9.67. The normalized spacial score (nSPS) is 10.0. The van der Waals surface area contributed by atoms with Crippen molar-refractivity contribution in [2.45, 2.75) is 0 Å². The van der Waals surface area contributed by atoms with Gasteiger partial charge in [-0.15, -0.1) is 0 Å². The number of non-ortho nitro benzene ring substituents is 1. The highest BCUT2D eigenvalue weighted by Gasteiger charge is 2.10. The maximum Gasteiger partial charge on any atom is 0.275 e. The molecule has 0 radical (unpaired) electrons. The van der Waals surface area contributed by atoms with Crippen molar-refractivity contribution in [2.75, 3.05) is 5.43 Å². The van der Waals surface area contributed by atoms with Crippen molar-refractivity contribution >= 4 is 27.3 Å². The van der Waals surface area contributed by atoms with E-state index in [1.165, 1.54) is 12.1 Å². The van der Waals surface area contributed by atoms with Gasteiger partial charge in [0.1, 0.15) is 11.5 Å². The van der Waals surface area contributed by atoms with Crippen LogP contribution in [0.4, 0.5) is 11.4 Å². The van der Waals surface area contributed by atoms with Crippen molar-refractivity contribution in [1.29, 1.82) is 0 Å². The van der Waals surface area contributed by atoms with Crippen LogP contribution in [0, 0.1) is 10.1 Å². The molecule has 0 aliphatic rings. The summed E-state index contributed by atoms with van der Waals surface area (Å²) in [5.41, 5.74) is 2.67. The van der Waals surface area contributed by atoms with E-state index < -0.39 is 4.92 Å². The Balaban J connectivity index is 2.31. The zero-order chi connectivity index (χ0) is 13.8. The number of nitrogens with zero attached hydrogens (tertiary/aromatic N) is 1. The first kappa shape index (κ1) is 13.3. The molecule has 98 valence electrons. The lowest BCUT2D eigenvalue weighted by atomic mass is 10.2. The van der Waals surface area contributed by atoms with Gasteiger partial charge in [0.25, 0.3) is 5.69 Å². The number of rotatable bonds is 4. The first-order valence-corrected chi connectivity index (χ1v) is 6.07. The van der Waals surface area contributed by atoms with Gasteiger partial charge in [0.05, 0.1) is 16.7 Å². The van der Waals surface area contributed by atoms with Crippen molar-refractivity contribution in [3.05, 3.63) is 57.1 Å². The lowest BCUT2D eigenvalue weighted by molar-refractivity contribution is -0.384. The van der Waals surface area contributed by atoms with Gasteiger partial charge in [-0.05, 0) is 24.3 Å². The molecule has 0 aliphatic carbocycles. The fourth-order valence-electron chi connectivity index (χ4n) is 1.47. The second kappa shape index (κ2) is 5.68. The molecule has 2 rings (SSSR count). The number of halogens is 1. The lowest BCUT2D eigenvalue weighted by Crippen LogP contribution is -2.07. The molecule has 6 nitrogen and oxygen atoms in total. The summed E-state index contributed by atoms with van der Waals surface area (Å²) in [6.45, 7) is 0. The third-order valence-electron chi connectivity index (χ3n) is 2.32. The van der Waals surface area contributed by atoms with Crippen molar-refractivity contribution in [3.63, 3.8) is 0 Å². The molecule has 0 unspecified atom stereocenters. The monoisotopic (exact) mass is 323 g/mol. The number of ether oxygens (including phenoxy) is 1. The quantitative estimate of drug-likeness (QED) is 0.511. The van der Waals surface area contributed by atoms with Crippen LogP contribution < -0.4 is 16.0 Å². The highest BCUT2D eigenvalue weighted by atomic mass is 79.9. The molecule has 19 heavy (non-hydrogen) atoms. The van der Waals surface area contributed by atoms with Crippen LogP contribution in [-0.2, 0) is 0 Å². The molecule has 0 saturated carbocycles. The van der Waals surface area contributed by atoms with E-state index in [9.17, 15) is 10.1 Å². The highest BCUT2D eigenvalue weighted by Crippen LogP contribution is 2.29. The molecule has 7 heteroatoms. The van der Waals surface area contributed by atoms with Gasteiger partial charge in [0, 0.05) is 16.6 Å². The Morgan fingerprint density at radius 1 is 1.16 bits per heavy atom. The first-order chi connectivity index (χ1) is 9.08. The van der Waals surface area contributed by atoms with Crippen LogP contribution in [0.2, 0.25) is 0 Å². The fraction of sp³-hybridized carbons (Fsp3) is 0. The summed E-state index contributed by atoms with van der Waals surface area (Å²) in [4.78, 5) is 10.3. The summed E-state index contributed by atoms with van der Waals surface area (Å²) in [6, 6.07) is 11.4. The van der Waals surface area contributed by atoms with Crippen LogP contribution in [0.1, 0.15) is 0 Å². The Bertz CT molecular complexity index is 602. The number of hydrogen-bond acceptors (Lipinski definition) is 5. The molecular weight excluding hydrogens is 314 g/mol. The molecule has 0 aromatic heterocycles. The summed E-state index contributed by atoms with van der Waals surface area (Å²) in [6.07, 6.45) is 0. The fourth-order valence-corrected chi connectivity index (χ4v) is 1.73. The van der Waals surface area contributed by atoms with Gasteiger partial charge in [0.2, 0.25) is 0 Å². The maximum atomic E-state index is 10.8. The van der Waals surface area contributed by atoms with E-state index in [1.807, 2.05) is 12.1 Å². The number of nitro groups is 1. The van der Waals surface area contributed by atoms with Crippen LogP contribution in [0.25, 0.3) is 0 Å². The lowest BCUT2D eigenvalue weighted by Gasteiger charge is -2.07. The number of nitrogen functional groups attached to an aromatic ring is 1. The predicted octanol–water partition coefficient (Wildman–Crippen LogP) is 3.44. The van der Waals surface area contributed by atoms with Crippen LogP contribution >= 0.6 is 15.9 Å². The molecule has 0 amide bonds. The van der Waals surface area contributed by atoms with E-state index >= 15 is 0 Å². The Labute approximate surface area is 117 Å². The second-order valence-electron chi connectivity index (χ2n) is 3.67. The number of anilines is 1. The Morgan fingerprint density at radius 2 is 1.84 bits per heavy atom. The third kappa shape index (κ3) is 3.43. The highest BCUT2D eigenvalue weighted by molar-refractivity contribution is 9.10. The van der Waals surface area contributed by atoms with Gasteiger partial charge in [-0.1, -0.05) is 15.9 Å². The van der Waals surface area contributed by atoms with Crippen LogP contribution in [0.5, 0.6) is 11.5 Å². The minimum atomic E-state index is -0.505. The Kier molecular flexibility index (Phi) is 3.98. The van der Waals surface area contributed by atoms with Gasteiger partial charge in [0.15, 0.2) is 0 Å². The molecule has 0 atom stereocenters. The molecule has 0 fully saturated rings. The molecule has 0 heterocycles. The van der Waals surface area contributed by atoms with Gasteiger partial charge < -0.3 is 10.2 Å². The minimum Gasteiger partial charge on any atom is -0.457 e. The molecule has 3 N–H and O–H groups in total. The van der Waals surface area contributed by atoms with Gasteiger partial charge in [-0.25, -0.2) is 0 Å². The second-order valence-corrected chi connectivity index (χ2v) is 4.59. The molecule has 0 saturated heterocycles. The molecule has 2 aromatic rings. The number of hydrazine groups is 1. The van der Waals surface area contributed by atoms with Crippen LogP contribution in [0.15, 0.2) is 46.9 Å². The summed E-state index contributed by atoms with van der Waals surface area (Å²) in [5, 5.41) is 10.8. The zero-order valence-corrected chi connectivity index (χ0v) is 11.3. The smallest absolute Gasteiger partial charge is 0.275 e. The summed E-state index contributed by atoms with van der Waals surface area (Å²) in [5.74, 6) is 6.18. The number of benzene rings is 2. The SMILES string of the molecule is NNc1cc(Oc2ccc(Br)cc2)cc([N+](=O)[O-])c1. The molecular formula is C12H10BrN3O3. The van der Waals surface area contributed by atoms with Crippen molar-refractivity contribution in [1.82, 2.24) is 0 Å². The summed E-state index contributed by atoms with van der Waals surface area (Å²) < 4.78 is 6.47. The Hall–Kier alpha value is -2.12. The predicted molar refractivity (Wildman–Crippen MR) is 75.1 cm³/mol. The molecule has 0 spiro atoms. The Morgan fingerprint density at radius 3 is 2.42 bits per heavy atom. The largest absolute Gasteiger partial charge is 0.457 e. The van der Waals surface area contributed by atoms with E-state index in [-0.39, 0.29) is 5.69 Å². The topological polar surface area (TPSA) is 90.4 Å². The van der Waals surface area contributed by atoms with Crippen molar-refractivity contribution in [3.8, 4) is 11.5 Å². The molecule has 0 bridgehead atoms. The third-order valence-corrected chi connectivity index (χ3v) is 2.85. The van der Waals surface area contributed by atoms with E-state index in [0.29, 0.717) is 17.2 Å². The first-order valence-electron chi connectivity index (χ1n) is 5.28. The maximum absolute atomic E-state index is 10.8. The van der Waals surface area contributed by atoms with Crippen molar-refractivity contribution in [2.24, 2.45) is 5.84 Å². The van der Waals surface area contributed by atoms with E-state index in [2.05, 4.69) is 21.4 Å². The van der Waals surface area contributed by atoms with Gasteiger partial charge in [-0.3, -0.25) is 16.0 Å². The molecule has 0 aliphatic heterocycles. The standard InChI is InChI=1S/C12H10BrN3O3/c13-8-1-3-11(4-2-8)19-12-6-9(15-14)5-10(7-12)16(17)18/h1-7,15H,14H2. The average molecular weight is 324 g/mol. The van der Waals surface area contributed by atoms with Crippen LogP contribution in [0.3, 0.4) is 0 Å². The number of hydrogen-bond donors (Lipinski definition) is 2. The molecule has 2 aromatic carbocycles. The van der Waals surface area contributed by atoms with Crippen molar-refractivity contribution < 1.29 is 9.66 Å². The number of nitrogens with one attached hydrogen (secondary N) is 1. The van der Waals surface area contributed by atoms with E-state index in [0.717, 1.165) is 4.47 Å². The van der Waals surface area contributed by atoms with E-state index in [1.54, 1.807) is 18.2 Å². The van der Waals surface area contributed by atoms with Gasteiger partial charge >= 0.3 is 0 Å². The summed E-state index contributed by atoms with van der Waals surface area (Å²) >= 11 is 3.31.